The molecule has 1 aliphatic heterocycles. The number of nitrogens with one attached hydrogen (secondary N) is 3. The molecular weight excluding hydrogens is 465 g/mol. The maximum atomic E-state index is 14.3. The lowest BCUT2D eigenvalue weighted by atomic mass is 10.1. The molecule has 11 heteroatoms. The summed E-state index contributed by atoms with van der Waals surface area (Å²) in [6.45, 7) is 1.96. The Morgan fingerprint density at radius 3 is 2.38 bits per heavy atom. The van der Waals surface area contributed by atoms with Crippen LogP contribution in [0.5, 0.6) is 11.5 Å². The minimum atomic E-state index is -4.09. The third kappa shape index (κ3) is 5.09. The predicted molar refractivity (Wildman–Crippen MR) is 123 cm³/mol. The molecule has 0 aliphatic carbocycles. The molecule has 0 unspecified atom stereocenters. The fourth-order valence-electron chi connectivity index (χ4n) is 3.26. The van der Waals surface area contributed by atoms with Gasteiger partial charge in [-0.2, -0.15) is 0 Å². The van der Waals surface area contributed by atoms with Crippen molar-refractivity contribution in [2.45, 2.75) is 11.8 Å². The smallest absolute Gasteiger partial charge is 0.262 e. The van der Waals surface area contributed by atoms with E-state index in [-0.39, 0.29) is 33.4 Å². The van der Waals surface area contributed by atoms with Gasteiger partial charge in [0, 0.05) is 18.7 Å². The van der Waals surface area contributed by atoms with E-state index >= 15 is 0 Å². The van der Waals surface area contributed by atoms with Gasteiger partial charge in [0.05, 0.1) is 21.8 Å². The van der Waals surface area contributed by atoms with Crippen LogP contribution in [0.4, 0.5) is 21.5 Å². The van der Waals surface area contributed by atoms with E-state index in [9.17, 15) is 22.4 Å². The second-order valence-electron chi connectivity index (χ2n) is 7.29. The predicted octanol–water partition coefficient (Wildman–Crippen LogP) is 3.61. The number of fused-ring (bicyclic) bond motifs is 1. The summed E-state index contributed by atoms with van der Waals surface area (Å²) in [5.41, 5.74) is 0.0683. The molecule has 3 aromatic carbocycles. The van der Waals surface area contributed by atoms with Gasteiger partial charge in [-0.25, -0.2) is 12.8 Å². The average molecular weight is 485 g/mol. The van der Waals surface area contributed by atoms with Crippen LogP contribution in [0.3, 0.4) is 0 Å². The van der Waals surface area contributed by atoms with Crippen LogP contribution in [-0.2, 0) is 14.8 Å². The molecule has 0 fully saturated rings. The molecule has 9 nitrogen and oxygen atoms in total. The molecule has 176 valence electrons. The number of amides is 2. The third-order valence-electron chi connectivity index (χ3n) is 4.77. The van der Waals surface area contributed by atoms with E-state index in [1.54, 1.807) is 12.1 Å². The van der Waals surface area contributed by atoms with Gasteiger partial charge in [0.25, 0.3) is 15.9 Å². The molecule has 3 aromatic rings. The zero-order valence-electron chi connectivity index (χ0n) is 17.9. The van der Waals surface area contributed by atoms with Gasteiger partial charge in [0.1, 0.15) is 19.0 Å². The summed E-state index contributed by atoms with van der Waals surface area (Å²) in [4.78, 5) is 24.1. The van der Waals surface area contributed by atoms with Crippen molar-refractivity contribution in [2.24, 2.45) is 0 Å². The number of carbonyl (C=O) groups excluding carboxylic acids is 2. The first-order valence-electron chi connectivity index (χ1n) is 10.1. The Labute approximate surface area is 194 Å². The van der Waals surface area contributed by atoms with Gasteiger partial charge >= 0.3 is 0 Å². The highest BCUT2D eigenvalue weighted by Gasteiger charge is 2.22. The monoisotopic (exact) mass is 485 g/mol. The number of rotatable bonds is 6. The van der Waals surface area contributed by atoms with Crippen molar-refractivity contribution in [3.63, 3.8) is 0 Å². The number of para-hydroxylation sites is 1. The largest absolute Gasteiger partial charge is 0.486 e. The van der Waals surface area contributed by atoms with Gasteiger partial charge in [-0.15, -0.1) is 0 Å². The van der Waals surface area contributed by atoms with Crippen LogP contribution in [0, 0.1) is 5.82 Å². The number of ether oxygens (including phenoxy) is 2. The number of sulfonamides is 1. The Balaban J connectivity index is 1.59. The molecule has 0 aromatic heterocycles. The van der Waals surface area contributed by atoms with E-state index < -0.39 is 21.7 Å². The minimum Gasteiger partial charge on any atom is -0.486 e. The fraction of sp³-hybridized carbons (Fsp3) is 0.130. The normalized spacial score (nSPS) is 12.5. The number of hydrogen-bond acceptors (Lipinski definition) is 6. The zero-order chi connectivity index (χ0) is 24.3. The van der Waals surface area contributed by atoms with E-state index in [0.29, 0.717) is 24.7 Å². The number of hydrogen-bond donors (Lipinski definition) is 3. The lowest BCUT2D eigenvalue weighted by Gasteiger charge is -2.19. The Kier molecular flexibility index (Phi) is 6.37. The molecule has 0 bridgehead atoms. The molecule has 3 N–H and O–H groups in total. The Hall–Kier alpha value is -4.12. The van der Waals surface area contributed by atoms with Crippen LogP contribution in [0.1, 0.15) is 17.3 Å². The van der Waals surface area contributed by atoms with Crippen molar-refractivity contribution < 1.29 is 31.9 Å². The SMILES string of the molecule is CC(=O)Nc1ccc(F)c(NC(=O)c2ccccc2NS(=O)(=O)c2ccc3c(c2)OCCO3)c1. The van der Waals surface area contributed by atoms with Crippen LogP contribution in [0.25, 0.3) is 0 Å². The van der Waals surface area contributed by atoms with Gasteiger partial charge in [0.15, 0.2) is 11.5 Å². The van der Waals surface area contributed by atoms with Crippen molar-refractivity contribution in [1.29, 1.82) is 0 Å². The summed E-state index contributed by atoms with van der Waals surface area (Å²) in [5.74, 6) is -1.10. The molecule has 0 saturated heterocycles. The van der Waals surface area contributed by atoms with E-state index in [1.807, 2.05) is 0 Å². The molecule has 1 aliphatic rings. The van der Waals surface area contributed by atoms with Crippen molar-refractivity contribution in [3.8, 4) is 11.5 Å². The lowest BCUT2D eigenvalue weighted by Crippen LogP contribution is -2.20. The third-order valence-corrected chi connectivity index (χ3v) is 6.14. The quantitative estimate of drug-likeness (QED) is 0.490. The van der Waals surface area contributed by atoms with Gasteiger partial charge in [-0.05, 0) is 42.5 Å². The maximum Gasteiger partial charge on any atom is 0.262 e. The molecule has 4 rings (SSSR count). The van der Waals surface area contributed by atoms with Crippen LogP contribution in [-0.4, -0.2) is 33.4 Å². The number of benzene rings is 3. The fourth-order valence-corrected chi connectivity index (χ4v) is 4.35. The number of halogens is 1. The van der Waals surface area contributed by atoms with E-state index in [4.69, 9.17) is 9.47 Å². The molecule has 0 spiro atoms. The van der Waals surface area contributed by atoms with Crippen molar-refractivity contribution in [3.05, 3.63) is 72.0 Å². The standard InChI is InChI=1S/C23H20FN3O6S/c1-14(28)25-15-6-8-18(24)20(12-15)26-23(29)17-4-2-3-5-19(17)27-34(30,31)16-7-9-21-22(13-16)33-11-10-32-21/h2-9,12-13,27H,10-11H2,1H3,(H,25,28)(H,26,29). The minimum absolute atomic E-state index is 0.00619. The highest BCUT2D eigenvalue weighted by Crippen LogP contribution is 2.33. The Bertz CT molecular complexity index is 1380. The molecule has 0 radical (unpaired) electrons. The van der Waals surface area contributed by atoms with Crippen LogP contribution in [0.15, 0.2) is 65.6 Å². The lowest BCUT2D eigenvalue weighted by molar-refractivity contribution is -0.114. The first kappa shape index (κ1) is 23.1. The topological polar surface area (TPSA) is 123 Å². The summed E-state index contributed by atoms with van der Waals surface area (Å²) in [7, 11) is -4.09. The molecular formula is C23H20FN3O6S. The van der Waals surface area contributed by atoms with Crippen molar-refractivity contribution >= 4 is 38.9 Å². The molecule has 2 amide bonds. The first-order valence-corrected chi connectivity index (χ1v) is 11.6. The second kappa shape index (κ2) is 9.40. The second-order valence-corrected chi connectivity index (χ2v) is 8.97. The van der Waals surface area contributed by atoms with Crippen LogP contribution >= 0.6 is 0 Å². The average Bonchev–Trinajstić information content (AvgIpc) is 2.80. The van der Waals surface area contributed by atoms with Crippen molar-refractivity contribution in [2.75, 3.05) is 28.6 Å². The van der Waals surface area contributed by atoms with Gasteiger partial charge in [-0.1, -0.05) is 12.1 Å². The molecule has 0 saturated carbocycles. The number of carbonyl (C=O) groups is 2. The van der Waals surface area contributed by atoms with Crippen molar-refractivity contribution in [1.82, 2.24) is 0 Å². The van der Waals surface area contributed by atoms with E-state index in [1.165, 1.54) is 49.4 Å². The van der Waals surface area contributed by atoms with E-state index in [0.717, 1.165) is 6.07 Å². The highest BCUT2D eigenvalue weighted by atomic mass is 32.2. The van der Waals surface area contributed by atoms with Gasteiger partial charge in [-0.3, -0.25) is 14.3 Å². The van der Waals surface area contributed by atoms with Crippen LogP contribution < -0.4 is 24.8 Å². The summed E-state index contributed by atoms with van der Waals surface area (Å²) in [6.07, 6.45) is 0. The van der Waals surface area contributed by atoms with Gasteiger partial charge in [0.2, 0.25) is 5.91 Å². The van der Waals surface area contributed by atoms with Gasteiger partial charge < -0.3 is 20.1 Å². The molecule has 34 heavy (non-hydrogen) atoms. The molecule has 0 atom stereocenters. The highest BCUT2D eigenvalue weighted by molar-refractivity contribution is 7.92. The maximum absolute atomic E-state index is 14.3. The Morgan fingerprint density at radius 2 is 1.62 bits per heavy atom. The molecule has 1 heterocycles. The summed E-state index contributed by atoms with van der Waals surface area (Å²) >= 11 is 0. The summed E-state index contributed by atoms with van der Waals surface area (Å²) < 4.78 is 53.5. The Morgan fingerprint density at radius 1 is 0.882 bits per heavy atom. The number of anilines is 3. The first-order chi connectivity index (χ1) is 16.2. The summed E-state index contributed by atoms with van der Waals surface area (Å²) in [6, 6.07) is 13.8. The zero-order valence-corrected chi connectivity index (χ0v) is 18.7. The summed E-state index contributed by atoms with van der Waals surface area (Å²) in [5, 5.41) is 4.91. The van der Waals surface area contributed by atoms with Crippen LogP contribution in [0.2, 0.25) is 0 Å². The van der Waals surface area contributed by atoms with E-state index in [2.05, 4.69) is 15.4 Å².